The molecule has 0 radical (unpaired) electrons. The van der Waals surface area contributed by atoms with Gasteiger partial charge in [0.2, 0.25) is 0 Å². The smallest absolute Gasteiger partial charge is 0.105 e. The Labute approximate surface area is 137 Å². The van der Waals surface area contributed by atoms with Gasteiger partial charge in [0.1, 0.15) is 5.82 Å². The fraction of sp³-hybridized carbons (Fsp3) is 0.333. The molecule has 1 atom stereocenters. The van der Waals surface area contributed by atoms with Crippen LogP contribution in [-0.4, -0.2) is 25.6 Å². The number of aromatic nitrogens is 4. The second-order valence-corrected chi connectivity index (χ2v) is 6.00. The monoisotopic (exact) mass is 309 g/mol. The maximum atomic E-state index is 4.26. The molecule has 0 aliphatic heterocycles. The van der Waals surface area contributed by atoms with Crippen LogP contribution in [0.2, 0.25) is 0 Å². The Balaban J connectivity index is 1.46. The lowest BCUT2D eigenvalue weighted by Crippen LogP contribution is -2.24. The van der Waals surface area contributed by atoms with Gasteiger partial charge in [0.05, 0.1) is 6.33 Å². The van der Waals surface area contributed by atoms with Crippen molar-refractivity contribution < 1.29 is 0 Å². The molecular formula is C18H23N5. The molecule has 0 saturated carbocycles. The van der Waals surface area contributed by atoms with Crippen molar-refractivity contribution in [3.8, 4) is 5.69 Å². The lowest BCUT2D eigenvalue weighted by molar-refractivity contribution is 0.440. The van der Waals surface area contributed by atoms with Gasteiger partial charge in [-0.05, 0) is 37.1 Å². The maximum absolute atomic E-state index is 4.26. The van der Waals surface area contributed by atoms with Crippen molar-refractivity contribution in [2.24, 2.45) is 5.92 Å². The number of aryl methyl sites for hydroxylation is 1. The molecule has 1 unspecified atom stereocenters. The number of hydrogen-bond acceptors (Lipinski definition) is 3. The lowest BCUT2D eigenvalue weighted by Gasteiger charge is -2.14. The summed E-state index contributed by atoms with van der Waals surface area (Å²) >= 11 is 0. The first-order valence-electron chi connectivity index (χ1n) is 7.98. The average Bonchev–Trinajstić information content (AvgIpc) is 3.21. The first-order valence-corrected chi connectivity index (χ1v) is 7.98. The van der Waals surface area contributed by atoms with E-state index in [0.29, 0.717) is 5.92 Å². The standard InChI is InChI=1S/C18H23N5/c1-15(13-22-10-8-21-16(22)2)11-20-12-17-3-5-18(6-4-17)23-9-7-19-14-23/h3-10,14-15,20H,11-13H2,1-2H3. The second kappa shape index (κ2) is 7.24. The van der Waals surface area contributed by atoms with E-state index in [4.69, 9.17) is 0 Å². The van der Waals surface area contributed by atoms with Crippen molar-refractivity contribution in [2.45, 2.75) is 26.9 Å². The third kappa shape index (κ3) is 4.07. The molecule has 2 heterocycles. The summed E-state index contributed by atoms with van der Waals surface area (Å²) in [5.41, 5.74) is 2.43. The van der Waals surface area contributed by atoms with Gasteiger partial charge < -0.3 is 14.5 Å². The van der Waals surface area contributed by atoms with Crippen LogP contribution in [0.1, 0.15) is 18.3 Å². The lowest BCUT2D eigenvalue weighted by atomic mass is 10.1. The number of nitrogens with zero attached hydrogens (tertiary/aromatic N) is 4. The quantitative estimate of drug-likeness (QED) is 0.730. The molecule has 1 N–H and O–H groups in total. The Morgan fingerprint density at radius 3 is 2.61 bits per heavy atom. The first kappa shape index (κ1) is 15.5. The molecule has 0 aliphatic rings. The Bertz CT molecular complexity index is 712. The van der Waals surface area contributed by atoms with Crippen molar-refractivity contribution in [1.82, 2.24) is 24.4 Å². The zero-order chi connectivity index (χ0) is 16.1. The Hall–Kier alpha value is -2.40. The molecule has 3 aromatic rings. The van der Waals surface area contributed by atoms with E-state index in [1.165, 1.54) is 5.56 Å². The number of imidazole rings is 2. The minimum Gasteiger partial charge on any atom is -0.335 e. The number of benzene rings is 1. The fourth-order valence-corrected chi connectivity index (χ4v) is 2.66. The van der Waals surface area contributed by atoms with Gasteiger partial charge in [0.25, 0.3) is 0 Å². The SMILES string of the molecule is Cc1nccn1CC(C)CNCc1ccc(-n2ccnc2)cc1. The summed E-state index contributed by atoms with van der Waals surface area (Å²) in [7, 11) is 0. The van der Waals surface area contributed by atoms with E-state index in [1.807, 2.05) is 36.4 Å². The topological polar surface area (TPSA) is 47.7 Å². The van der Waals surface area contributed by atoms with Crippen LogP contribution in [0.25, 0.3) is 5.69 Å². The highest BCUT2D eigenvalue weighted by Gasteiger charge is 2.05. The normalized spacial score (nSPS) is 12.4. The fourth-order valence-electron chi connectivity index (χ4n) is 2.66. The molecular weight excluding hydrogens is 286 g/mol. The highest BCUT2D eigenvalue weighted by Crippen LogP contribution is 2.09. The molecule has 23 heavy (non-hydrogen) atoms. The zero-order valence-electron chi connectivity index (χ0n) is 13.7. The average molecular weight is 309 g/mol. The van der Waals surface area contributed by atoms with E-state index in [-0.39, 0.29) is 0 Å². The van der Waals surface area contributed by atoms with Gasteiger partial charge in [-0.1, -0.05) is 19.1 Å². The van der Waals surface area contributed by atoms with E-state index in [2.05, 4.69) is 51.0 Å². The number of hydrogen-bond donors (Lipinski definition) is 1. The molecule has 0 bridgehead atoms. The molecule has 0 saturated heterocycles. The third-order valence-electron chi connectivity index (χ3n) is 3.99. The Kier molecular flexibility index (Phi) is 4.88. The summed E-state index contributed by atoms with van der Waals surface area (Å²) in [5, 5.41) is 3.53. The van der Waals surface area contributed by atoms with Gasteiger partial charge in [0.15, 0.2) is 0 Å². The summed E-state index contributed by atoms with van der Waals surface area (Å²) in [6, 6.07) is 8.56. The van der Waals surface area contributed by atoms with Gasteiger partial charge >= 0.3 is 0 Å². The molecule has 0 aliphatic carbocycles. The van der Waals surface area contributed by atoms with Crippen LogP contribution < -0.4 is 5.32 Å². The van der Waals surface area contributed by atoms with Crippen LogP contribution in [0.3, 0.4) is 0 Å². The molecule has 5 heteroatoms. The summed E-state index contributed by atoms with van der Waals surface area (Å²) in [6.07, 6.45) is 9.46. The van der Waals surface area contributed by atoms with Gasteiger partial charge in [-0.2, -0.15) is 0 Å². The van der Waals surface area contributed by atoms with Crippen molar-refractivity contribution in [3.63, 3.8) is 0 Å². The third-order valence-corrected chi connectivity index (χ3v) is 3.99. The molecule has 1 aromatic carbocycles. The van der Waals surface area contributed by atoms with Crippen LogP contribution in [-0.2, 0) is 13.1 Å². The minimum absolute atomic E-state index is 0.563. The Morgan fingerprint density at radius 2 is 1.96 bits per heavy atom. The van der Waals surface area contributed by atoms with E-state index >= 15 is 0 Å². The van der Waals surface area contributed by atoms with E-state index in [0.717, 1.165) is 31.1 Å². The summed E-state index contributed by atoms with van der Waals surface area (Å²) in [4.78, 5) is 8.33. The molecule has 120 valence electrons. The highest BCUT2D eigenvalue weighted by atomic mass is 15.1. The van der Waals surface area contributed by atoms with Crippen LogP contribution in [0, 0.1) is 12.8 Å². The predicted octanol–water partition coefficient (Wildman–Crippen LogP) is 2.80. The predicted molar refractivity (Wildman–Crippen MR) is 91.4 cm³/mol. The van der Waals surface area contributed by atoms with Crippen LogP contribution in [0.5, 0.6) is 0 Å². The van der Waals surface area contributed by atoms with Crippen molar-refractivity contribution in [3.05, 3.63) is 66.8 Å². The molecule has 0 fully saturated rings. The van der Waals surface area contributed by atoms with Crippen LogP contribution in [0.4, 0.5) is 0 Å². The summed E-state index contributed by atoms with van der Waals surface area (Å²) < 4.78 is 4.21. The van der Waals surface area contributed by atoms with Crippen molar-refractivity contribution in [2.75, 3.05) is 6.54 Å². The van der Waals surface area contributed by atoms with Crippen LogP contribution in [0.15, 0.2) is 55.4 Å². The van der Waals surface area contributed by atoms with E-state index in [9.17, 15) is 0 Å². The van der Waals surface area contributed by atoms with Crippen LogP contribution >= 0.6 is 0 Å². The van der Waals surface area contributed by atoms with Gasteiger partial charge in [-0.25, -0.2) is 9.97 Å². The molecule has 0 amide bonds. The second-order valence-electron chi connectivity index (χ2n) is 6.00. The van der Waals surface area contributed by atoms with E-state index in [1.54, 1.807) is 6.20 Å². The molecule has 2 aromatic heterocycles. The summed E-state index contributed by atoms with van der Waals surface area (Å²) in [5.74, 6) is 1.64. The van der Waals surface area contributed by atoms with Gasteiger partial charge in [-0.15, -0.1) is 0 Å². The van der Waals surface area contributed by atoms with E-state index < -0.39 is 0 Å². The molecule has 3 rings (SSSR count). The molecule has 5 nitrogen and oxygen atoms in total. The molecule has 0 spiro atoms. The minimum atomic E-state index is 0.563. The number of rotatable bonds is 7. The number of nitrogens with one attached hydrogen (secondary N) is 1. The van der Waals surface area contributed by atoms with Gasteiger partial charge in [0, 0.05) is 43.6 Å². The largest absolute Gasteiger partial charge is 0.335 e. The van der Waals surface area contributed by atoms with Crippen molar-refractivity contribution in [1.29, 1.82) is 0 Å². The first-order chi connectivity index (χ1) is 11.2. The van der Waals surface area contributed by atoms with Gasteiger partial charge in [-0.3, -0.25) is 0 Å². The highest BCUT2D eigenvalue weighted by molar-refractivity contribution is 5.34. The van der Waals surface area contributed by atoms with Crippen molar-refractivity contribution >= 4 is 0 Å². The summed E-state index contributed by atoms with van der Waals surface area (Å²) in [6.45, 7) is 7.17. The maximum Gasteiger partial charge on any atom is 0.105 e. The Morgan fingerprint density at radius 1 is 1.13 bits per heavy atom. The zero-order valence-corrected chi connectivity index (χ0v) is 13.7.